The number of hydrogen-bond acceptors (Lipinski definition) is 3. The van der Waals surface area contributed by atoms with Crippen LogP contribution in [0.1, 0.15) is 25.7 Å². The van der Waals surface area contributed by atoms with Gasteiger partial charge in [-0.05, 0) is 18.8 Å². The lowest BCUT2D eigenvalue weighted by Crippen LogP contribution is -2.19. The zero-order valence-corrected chi connectivity index (χ0v) is 7.33. The Labute approximate surface area is 73.5 Å². The first kappa shape index (κ1) is 9.50. The van der Waals surface area contributed by atoms with Crippen LogP contribution in [0.3, 0.4) is 0 Å². The van der Waals surface area contributed by atoms with Crippen molar-refractivity contribution in [1.82, 2.24) is 0 Å². The summed E-state index contributed by atoms with van der Waals surface area (Å²) < 4.78 is 5.33. The van der Waals surface area contributed by atoms with Gasteiger partial charge in [-0.2, -0.15) is 5.26 Å². The fraction of sp³-hybridized carbons (Fsp3) is 0.889. The molecule has 3 nitrogen and oxygen atoms in total. The third-order valence-electron chi connectivity index (χ3n) is 2.11. The molecule has 0 spiro atoms. The summed E-state index contributed by atoms with van der Waals surface area (Å²) in [6.45, 7) is 1.46. The Morgan fingerprint density at radius 2 is 2.25 bits per heavy atom. The van der Waals surface area contributed by atoms with E-state index in [-0.39, 0.29) is 6.04 Å². The van der Waals surface area contributed by atoms with E-state index >= 15 is 0 Å². The Morgan fingerprint density at radius 3 is 2.83 bits per heavy atom. The molecule has 68 valence electrons. The highest BCUT2D eigenvalue weighted by molar-refractivity contribution is 4.85. The van der Waals surface area contributed by atoms with E-state index in [1.165, 1.54) is 19.3 Å². The van der Waals surface area contributed by atoms with Gasteiger partial charge in [0.2, 0.25) is 0 Å². The molecule has 0 aliphatic heterocycles. The zero-order chi connectivity index (χ0) is 8.81. The first-order chi connectivity index (χ1) is 5.83. The number of nitriles is 1. The van der Waals surface area contributed by atoms with Gasteiger partial charge in [-0.3, -0.25) is 0 Å². The molecule has 0 radical (unpaired) electrons. The minimum absolute atomic E-state index is 0.356. The predicted molar refractivity (Wildman–Crippen MR) is 46.4 cm³/mol. The van der Waals surface area contributed by atoms with Gasteiger partial charge in [0.15, 0.2) is 0 Å². The average Bonchev–Trinajstić information content (AvgIpc) is 2.87. The Kier molecular flexibility index (Phi) is 4.06. The van der Waals surface area contributed by atoms with Crippen LogP contribution in [0.2, 0.25) is 0 Å². The molecule has 1 unspecified atom stereocenters. The van der Waals surface area contributed by atoms with E-state index in [9.17, 15) is 0 Å². The monoisotopic (exact) mass is 168 g/mol. The molecule has 1 fully saturated rings. The maximum Gasteiger partial charge on any atom is 0.0950 e. The molecule has 0 saturated heterocycles. The second-order valence-electron chi connectivity index (χ2n) is 3.37. The highest BCUT2D eigenvalue weighted by atomic mass is 16.5. The van der Waals surface area contributed by atoms with Gasteiger partial charge in [0.1, 0.15) is 0 Å². The maximum atomic E-state index is 8.36. The van der Waals surface area contributed by atoms with Gasteiger partial charge in [-0.15, -0.1) is 0 Å². The van der Waals surface area contributed by atoms with Gasteiger partial charge in [-0.25, -0.2) is 0 Å². The standard InChI is InChI=1S/C9H16N2O/c10-7-9(11)4-6-12-5-3-8-1-2-8/h8-9H,1-6,11H2. The molecule has 1 rings (SSSR count). The van der Waals surface area contributed by atoms with Crippen LogP contribution in [0.15, 0.2) is 0 Å². The Morgan fingerprint density at radius 1 is 1.50 bits per heavy atom. The third kappa shape index (κ3) is 4.32. The van der Waals surface area contributed by atoms with Crippen molar-refractivity contribution in [2.75, 3.05) is 13.2 Å². The van der Waals surface area contributed by atoms with E-state index in [4.69, 9.17) is 15.7 Å². The lowest BCUT2D eigenvalue weighted by atomic mass is 10.2. The zero-order valence-electron chi connectivity index (χ0n) is 7.33. The summed E-state index contributed by atoms with van der Waals surface area (Å²) in [6.07, 6.45) is 4.59. The van der Waals surface area contributed by atoms with Crippen molar-refractivity contribution in [3.63, 3.8) is 0 Å². The van der Waals surface area contributed by atoms with Crippen LogP contribution in [0.5, 0.6) is 0 Å². The maximum absolute atomic E-state index is 8.36. The summed E-state index contributed by atoms with van der Waals surface area (Å²) in [4.78, 5) is 0. The van der Waals surface area contributed by atoms with Crippen LogP contribution < -0.4 is 5.73 Å². The number of ether oxygens (including phenoxy) is 1. The van der Waals surface area contributed by atoms with Gasteiger partial charge in [0.05, 0.1) is 12.1 Å². The SMILES string of the molecule is N#CC(N)CCOCCC1CC1. The smallest absolute Gasteiger partial charge is 0.0950 e. The summed E-state index contributed by atoms with van der Waals surface area (Å²) >= 11 is 0. The quantitative estimate of drug-likeness (QED) is 0.603. The molecule has 2 N–H and O–H groups in total. The van der Waals surface area contributed by atoms with Gasteiger partial charge >= 0.3 is 0 Å². The van der Waals surface area contributed by atoms with Crippen LogP contribution in [-0.2, 0) is 4.74 Å². The summed E-state index contributed by atoms with van der Waals surface area (Å²) in [5.41, 5.74) is 5.39. The molecular weight excluding hydrogens is 152 g/mol. The highest BCUT2D eigenvalue weighted by Crippen LogP contribution is 2.31. The van der Waals surface area contributed by atoms with Crippen LogP contribution in [0, 0.1) is 17.2 Å². The van der Waals surface area contributed by atoms with E-state index in [0.717, 1.165) is 12.5 Å². The molecular formula is C9H16N2O. The fourth-order valence-electron chi connectivity index (χ4n) is 1.03. The van der Waals surface area contributed by atoms with Gasteiger partial charge < -0.3 is 10.5 Å². The van der Waals surface area contributed by atoms with Crippen LogP contribution in [-0.4, -0.2) is 19.3 Å². The second-order valence-corrected chi connectivity index (χ2v) is 3.37. The van der Waals surface area contributed by atoms with Crippen molar-refractivity contribution >= 4 is 0 Å². The third-order valence-corrected chi connectivity index (χ3v) is 2.11. The Bertz CT molecular complexity index is 160. The van der Waals surface area contributed by atoms with Crippen molar-refractivity contribution < 1.29 is 4.74 Å². The molecule has 12 heavy (non-hydrogen) atoms. The molecule has 0 aromatic heterocycles. The predicted octanol–water partition coefficient (Wildman–Crippen LogP) is 1.04. The molecule has 0 heterocycles. The first-order valence-electron chi connectivity index (χ1n) is 4.56. The molecule has 0 aromatic carbocycles. The van der Waals surface area contributed by atoms with E-state index in [1.54, 1.807) is 0 Å². The largest absolute Gasteiger partial charge is 0.381 e. The topological polar surface area (TPSA) is 59.0 Å². The van der Waals surface area contributed by atoms with Crippen LogP contribution in [0.25, 0.3) is 0 Å². The average molecular weight is 168 g/mol. The molecule has 1 aliphatic carbocycles. The molecule has 0 amide bonds. The van der Waals surface area contributed by atoms with Crippen molar-refractivity contribution in [3.8, 4) is 6.07 Å². The Balaban J connectivity index is 1.79. The minimum Gasteiger partial charge on any atom is -0.381 e. The van der Waals surface area contributed by atoms with E-state index in [2.05, 4.69) is 0 Å². The number of hydrogen-bond donors (Lipinski definition) is 1. The molecule has 1 aliphatic rings. The lowest BCUT2D eigenvalue weighted by Gasteiger charge is -2.03. The van der Waals surface area contributed by atoms with Crippen molar-refractivity contribution in [2.45, 2.75) is 31.7 Å². The lowest BCUT2D eigenvalue weighted by molar-refractivity contribution is 0.124. The van der Waals surface area contributed by atoms with E-state index in [0.29, 0.717) is 13.0 Å². The van der Waals surface area contributed by atoms with Gasteiger partial charge in [0, 0.05) is 13.2 Å². The molecule has 3 heteroatoms. The molecule has 0 bridgehead atoms. The number of nitrogens with two attached hydrogens (primary N) is 1. The Hall–Kier alpha value is -0.590. The highest BCUT2D eigenvalue weighted by Gasteiger charge is 2.20. The summed E-state index contributed by atoms with van der Waals surface area (Å²) in [7, 11) is 0. The fourth-order valence-corrected chi connectivity index (χ4v) is 1.03. The van der Waals surface area contributed by atoms with Gasteiger partial charge in [0.25, 0.3) is 0 Å². The van der Waals surface area contributed by atoms with E-state index < -0.39 is 0 Å². The van der Waals surface area contributed by atoms with Crippen molar-refractivity contribution in [3.05, 3.63) is 0 Å². The summed E-state index contributed by atoms with van der Waals surface area (Å²) in [5, 5.41) is 8.36. The van der Waals surface area contributed by atoms with Crippen molar-refractivity contribution in [2.24, 2.45) is 11.7 Å². The first-order valence-corrected chi connectivity index (χ1v) is 4.56. The normalized spacial score (nSPS) is 18.7. The molecule has 1 saturated carbocycles. The number of rotatable bonds is 6. The summed E-state index contributed by atoms with van der Waals surface area (Å²) in [6, 6.07) is 1.62. The van der Waals surface area contributed by atoms with E-state index in [1.807, 2.05) is 6.07 Å². The minimum atomic E-state index is -0.356. The second kappa shape index (κ2) is 5.13. The van der Waals surface area contributed by atoms with Crippen molar-refractivity contribution in [1.29, 1.82) is 5.26 Å². The van der Waals surface area contributed by atoms with Gasteiger partial charge in [-0.1, -0.05) is 12.8 Å². The summed E-state index contributed by atoms with van der Waals surface area (Å²) in [5.74, 6) is 0.926. The molecule has 0 aromatic rings. The van der Waals surface area contributed by atoms with Crippen LogP contribution in [0.4, 0.5) is 0 Å². The van der Waals surface area contributed by atoms with Crippen LogP contribution >= 0.6 is 0 Å². The number of nitrogens with zero attached hydrogens (tertiary/aromatic N) is 1. The molecule has 1 atom stereocenters.